The van der Waals surface area contributed by atoms with E-state index in [1.807, 2.05) is 13.8 Å². The normalized spacial score (nSPS) is 17.6. The molecule has 1 N–H and O–H groups in total. The Hall–Kier alpha value is -2.76. The fourth-order valence-electron chi connectivity index (χ4n) is 5.00. The molecule has 1 aliphatic rings. The number of benzene rings is 1. The van der Waals surface area contributed by atoms with Gasteiger partial charge in [0.1, 0.15) is 17.1 Å². The number of piperazine rings is 1. The van der Waals surface area contributed by atoms with Crippen LogP contribution in [-0.4, -0.2) is 76.7 Å². The SMILES string of the molecule is CCCc1nn(C)c2c(=O)[nH]c(-c3cc(S(=O)(=O)N4CCN(C)C(CC(C)C)C4)ccc3OCC)nc12. The van der Waals surface area contributed by atoms with Crippen LogP contribution in [0.15, 0.2) is 27.9 Å². The number of likely N-dealkylation sites (N-methyl/N-ethyl adjacent to an activating group) is 1. The first-order chi connectivity index (χ1) is 17.6. The molecular weight excluding hydrogens is 492 g/mol. The van der Waals surface area contributed by atoms with Crippen LogP contribution in [0.1, 0.15) is 46.2 Å². The summed E-state index contributed by atoms with van der Waals surface area (Å²) in [6.45, 7) is 10.1. The van der Waals surface area contributed by atoms with E-state index in [1.54, 1.807) is 34.2 Å². The number of nitrogens with zero attached hydrogens (tertiary/aromatic N) is 5. The van der Waals surface area contributed by atoms with Crippen molar-refractivity contribution >= 4 is 21.1 Å². The van der Waals surface area contributed by atoms with Crippen LogP contribution < -0.4 is 10.3 Å². The van der Waals surface area contributed by atoms with Crippen molar-refractivity contribution in [2.45, 2.75) is 57.9 Å². The van der Waals surface area contributed by atoms with Crippen molar-refractivity contribution < 1.29 is 13.2 Å². The highest BCUT2D eigenvalue weighted by Crippen LogP contribution is 2.33. The number of aryl methyl sites for hydroxylation is 2. The lowest BCUT2D eigenvalue weighted by molar-refractivity contribution is 0.130. The third-order valence-electron chi connectivity index (χ3n) is 6.88. The summed E-state index contributed by atoms with van der Waals surface area (Å²) in [5.41, 5.74) is 1.75. The number of hydrogen-bond donors (Lipinski definition) is 1. The fraction of sp³-hybridized carbons (Fsp3) is 0.577. The number of sulfonamides is 1. The molecule has 10 nitrogen and oxygen atoms in total. The summed E-state index contributed by atoms with van der Waals surface area (Å²) in [6, 6.07) is 4.95. The number of fused-ring (bicyclic) bond motifs is 1. The molecule has 0 saturated carbocycles. The quantitative estimate of drug-likeness (QED) is 0.452. The molecule has 0 bridgehead atoms. The van der Waals surface area contributed by atoms with Crippen molar-refractivity contribution in [2.75, 3.05) is 33.3 Å². The summed E-state index contributed by atoms with van der Waals surface area (Å²) in [6.07, 6.45) is 2.46. The molecule has 0 spiro atoms. The van der Waals surface area contributed by atoms with Gasteiger partial charge in [0, 0.05) is 32.7 Å². The molecular formula is C26H38N6O4S. The van der Waals surface area contributed by atoms with E-state index in [0.717, 1.165) is 18.5 Å². The van der Waals surface area contributed by atoms with Crippen LogP contribution in [0, 0.1) is 5.92 Å². The van der Waals surface area contributed by atoms with Gasteiger partial charge in [0.05, 0.1) is 22.8 Å². The maximum Gasteiger partial charge on any atom is 0.277 e. The number of H-pyrrole nitrogens is 1. The Kier molecular flexibility index (Phi) is 8.05. The number of hydrogen-bond acceptors (Lipinski definition) is 7. The third kappa shape index (κ3) is 5.44. The van der Waals surface area contributed by atoms with Gasteiger partial charge in [-0.15, -0.1) is 0 Å². The van der Waals surface area contributed by atoms with Crippen molar-refractivity contribution in [1.29, 1.82) is 0 Å². The van der Waals surface area contributed by atoms with Crippen LogP contribution in [0.4, 0.5) is 0 Å². The average molecular weight is 531 g/mol. The molecule has 0 aliphatic carbocycles. The number of nitrogens with one attached hydrogen (secondary N) is 1. The van der Waals surface area contributed by atoms with Crippen LogP contribution in [0.3, 0.4) is 0 Å². The number of aromatic nitrogens is 4. The van der Waals surface area contributed by atoms with E-state index >= 15 is 0 Å². The van der Waals surface area contributed by atoms with E-state index in [-0.39, 0.29) is 22.3 Å². The first-order valence-electron chi connectivity index (χ1n) is 13.0. The Labute approximate surface area is 218 Å². The maximum atomic E-state index is 13.8. The first kappa shape index (κ1) is 27.3. The topological polar surface area (TPSA) is 113 Å². The van der Waals surface area contributed by atoms with E-state index in [0.29, 0.717) is 60.9 Å². The molecule has 4 rings (SSSR count). The predicted octanol–water partition coefficient (Wildman–Crippen LogP) is 3.03. The van der Waals surface area contributed by atoms with Gasteiger partial charge in [-0.1, -0.05) is 27.2 Å². The Morgan fingerprint density at radius 3 is 2.62 bits per heavy atom. The van der Waals surface area contributed by atoms with Crippen LogP contribution in [0.5, 0.6) is 5.75 Å². The van der Waals surface area contributed by atoms with Crippen molar-refractivity contribution in [3.05, 3.63) is 34.2 Å². The molecule has 1 aromatic carbocycles. The lowest BCUT2D eigenvalue weighted by Gasteiger charge is -2.39. The zero-order valence-electron chi connectivity index (χ0n) is 22.6. The molecule has 1 atom stereocenters. The molecule has 1 saturated heterocycles. The van der Waals surface area contributed by atoms with Gasteiger partial charge in [-0.25, -0.2) is 13.4 Å². The Balaban J connectivity index is 1.79. The monoisotopic (exact) mass is 530 g/mol. The van der Waals surface area contributed by atoms with Gasteiger partial charge in [0.2, 0.25) is 10.0 Å². The summed E-state index contributed by atoms with van der Waals surface area (Å²) in [5.74, 6) is 1.19. The number of rotatable bonds is 9. The summed E-state index contributed by atoms with van der Waals surface area (Å²) in [7, 11) is 0.00591. The minimum Gasteiger partial charge on any atom is -0.493 e. The zero-order chi connectivity index (χ0) is 26.9. The Morgan fingerprint density at radius 2 is 1.95 bits per heavy atom. The molecule has 3 aromatic rings. The van der Waals surface area contributed by atoms with Crippen LogP contribution in [-0.2, 0) is 23.5 Å². The summed E-state index contributed by atoms with van der Waals surface area (Å²) in [5, 5.41) is 4.48. The smallest absolute Gasteiger partial charge is 0.277 e. The van der Waals surface area contributed by atoms with E-state index in [9.17, 15) is 13.2 Å². The molecule has 202 valence electrons. The lowest BCUT2D eigenvalue weighted by Crippen LogP contribution is -2.53. The highest BCUT2D eigenvalue weighted by Gasteiger charge is 2.33. The van der Waals surface area contributed by atoms with Crippen LogP contribution >= 0.6 is 0 Å². The largest absolute Gasteiger partial charge is 0.493 e. The molecule has 0 amide bonds. The second-order valence-corrected chi connectivity index (χ2v) is 12.1. The van der Waals surface area contributed by atoms with Gasteiger partial charge >= 0.3 is 0 Å². The minimum absolute atomic E-state index is 0.154. The summed E-state index contributed by atoms with van der Waals surface area (Å²) in [4.78, 5) is 23.0. The predicted molar refractivity (Wildman–Crippen MR) is 144 cm³/mol. The molecule has 2 aromatic heterocycles. The van der Waals surface area contributed by atoms with Gasteiger partial charge in [-0.3, -0.25) is 9.48 Å². The molecule has 11 heteroatoms. The summed E-state index contributed by atoms with van der Waals surface area (Å²) < 4.78 is 36.4. The second-order valence-electron chi connectivity index (χ2n) is 10.2. The molecule has 1 fully saturated rings. The lowest BCUT2D eigenvalue weighted by atomic mass is 10.0. The van der Waals surface area contributed by atoms with E-state index in [2.05, 4.69) is 35.9 Å². The van der Waals surface area contributed by atoms with Gasteiger partial charge in [0.15, 0.2) is 5.52 Å². The van der Waals surface area contributed by atoms with E-state index in [4.69, 9.17) is 9.72 Å². The summed E-state index contributed by atoms with van der Waals surface area (Å²) >= 11 is 0. The van der Waals surface area contributed by atoms with Crippen LogP contribution in [0.25, 0.3) is 22.4 Å². The van der Waals surface area contributed by atoms with Crippen molar-refractivity contribution in [2.24, 2.45) is 13.0 Å². The van der Waals surface area contributed by atoms with E-state index in [1.165, 1.54) is 0 Å². The Bertz CT molecular complexity index is 1430. The molecule has 0 radical (unpaired) electrons. The second kappa shape index (κ2) is 10.9. The third-order valence-corrected chi connectivity index (χ3v) is 8.74. The van der Waals surface area contributed by atoms with Crippen LogP contribution in [0.2, 0.25) is 0 Å². The van der Waals surface area contributed by atoms with Crippen molar-refractivity contribution in [3.8, 4) is 17.1 Å². The maximum absolute atomic E-state index is 13.8. The average Bonchev–Trinajstić information content (AvgIpc) is 3.16. The first-order valence-corrected chi connectivity index (χ1v) is 14.4. The number of ether oxygens (including phenoxy) is 1. The fourth-order valence-corrected chi connectivity index (χ4v) is 6.49. The zero-order valence-corrected chi connectivity index (χ0v) is 23.4. The van der Waals surface area contributed by atoms with Gasteiger partial charge in [-0.05, 0) is 50.9 Å². The highest BCUT2D eigenvalue weighted by molar-refractivity contribution is 7.89. The van der Waals surface area contributed by atoms with E-state index < -0.39 is 10.0 Å². The molecule has 3 heterocycles. The standard InChI is InChI=1S/C26H38N6O4S/c1-7-9-21-23-24(31(6)29-21)26(33)28-25(27-23)20-15-19(10-11-22(20)36-8-2)37(34,35)32-13-12-30(5)18(16-32)14-17(3)4/h10-11,15,17-18H,7-9,12-14,16H2,1-6H3,(H,27,28,33). The highest BCUT2D eigenvalue weighted by atomic mass is 32.2. The van der Waals surface area contributed by atoms with Crippen molar-refractivity contribution in [1.82, 2.24) is 29.0 Å². The molecule has 37 heavy (non-hydrogen) atoms. The van der Waals surface area contributed by atoms with Crippen molar-refractivity contribution in [3.63, 3.8) is 0 Å². The number of aromatic amines is 1. The molecule has 1 unspecified atom stereocenters. The molecule has 1 aliphatic heterocycles. The van der Waals surface area contributed by atoms with Gasteiger partial charge < -0.3 is 14.6 Å². The Morgan fingerprint density at radius 1 is 1.19 bits per heavy atom. The van der Waals surface area contributed by atoms with Gasteiger partial charge in [-0.2, -0.15) is 9.40 Å². The minimum atomic E-state index is -3.77. The van der Waals surface area contributed by atoms with Gasteiger partial charge in [0.25, 0.3) is 5.56 Å².